The maximum absolute atomic E-state index is 5.69. The number of thiocarbonyl (C=S) groups is 1. The predicted molar refractivity (Wildman–Crippen MR) is 110 cm³/mol. The van der Waals surface area contributed by atoms with E-state index >= 15 is 0 Å². The summed E-state index contributed by atoms with van der Waals surface area (Å²) >= 11 is 5.69. The molecule has 4 rings (SSSR count). The molecule has 27 heavy (non-hydrogen) atoms. The largest absolute Gasteiger partial charge is 0.352 e. The summed E-state index contributed by atoms with van der Waals surface area (Å²) < 4.78 is 2.28. The molecule has 1 N–H and O–H groups in total. The number of nitrogens with one attached hydrogen (secondary N) is 1. The van der Waals surface area contributed by atoms with E-state index in [1.165, 1.54) is 11.3 Å². The fourth-order valence-electron chi connectivity index (χ4n) is 3.77. The van der Waals surface area contributed by atoms with Crippen LogP contribution in [0.3, 0.4) is 0 Å². The Bertz CT molecular complexity index is 907. The van der Waals surface area contributed by atoms with Gasteiger partial charge in [-0.15, -0.1) is 0 Å². The van der Waals surface area contributed by atoms with E-state index in [4.69, 9.17) is 12.2 Å². The summed E-state index contributed by atoms with van der Waals surface area (Å²) in [7, 11) is 0. The second-order valence-electron chi connectivity index (χ2n) is 7.05. The fraction of sp³-hybridized carbons (Fsp3) is 0.286. The number of hydrogen-bond acceptors (Lipinski definition) is 3. The van der Waals surface area contributed by atoms with Crippen LogP contribution in [0.5, 0.6) is 0 Å². The van der Waals surface area contributed by atoms with Gasteiger partial charge in [-0.2, -0.15) is 0 Å². The minimum Gasteiger partial charge on any atom is -0.352 e. The molecule has 3 aromatic rings. The summed E-state index contributed by atoms with van der Waals surface area (Å²) in [6.07, 6.45) is 7.68. The van der Waals surface area contributed by atoms with Gasteiger partial charge >= 0.3 is 0 Å². The van der Waals surface area contributed by atoms with Crippen LogP contribution in [-0.2, 0) is 6.54 Å². The van der Waals surface area contributed by atoms with Gasteiger partial charge in [0.25, 0.3) is 0 Å². The van der Waals surface area contributed by atoms with Crippen molar-refractivity contribution in [1.29, 1.82) is 0 Å². The predicted octanol–water partition coefficient (Wildman–Crippen LogP) is 3.71. The lowest BCUT2D eigenvalue weighted by Gasteiger charge is -2.31. The first kappa shape index (κ1) is 17.7. The summed E-state index contributed by atoms with van der Waals surface area (Å²) in [5.74, 6) is 0. The monoisotopic (exact) mass is 377 g/mol. The summed E-state index contributed by atoms with van der Waals surface area (Å²) in [6.45, 7) is 5.13. The van der Waals surface area contributed by atoms with Crippen LogP contribution in [-0.4, -0.2) is 30.6 Å². The molecule has 1 aliphatic rings. The van der Waals surface area contributed by atoms with Crippen LogP contribution < -0.4 is 5.32 Å². The van der Waals surface area contributed by atoms with E-state index in [-0.39, 0.29) is 18.1 Å². The van der Waals surface area contributed by atoms with Crippen molar-refractivity contribution in [2.75, 3.05) is 0 Å². The minimum absolute atomic E-state index is 0.0173. The summed E-state index contributed by atoms with van der Waals surface area (Å²) in [5, 5.41) is 4.28. The molecule has 0 aromatic carbocycles. The van der Waals surface area contributed by atoms with Crippen molar-refractivity contribution in [2.45, 2.75) is 38.5 Å². The van der Waals surface area contributed by atoms with Gasteiger partial charge in [0.2, 0.25) is 0 Å². The maximum Gasteiger partial charge on any atom is 0.170 e. The van der Waals surface area contributed by atoms with Crippen LogP contribution in [0.1, 0.15) is 42.9 Å². The molecule has 3 aromatic heterocycles. The second-order valence-corrected chi connectivity index (χ2v) is 7.44. The molecule has 1 saturated heterocycles. The van der Waals surface area contributed by atoms with Crippen LogP contribution >= 0.6 is 12.2 Å². The molecule has 0 unspecified atom stereocenters. The van der Waals surface area contributed by atoms with E-state index in [9.17, 15) is 0 Å². The van der Waals surface area contributed by atoms with Crippen LogP contribution in [0.4, 0.5) is 0 Å². The molecule has 4 heterocycles. The first-order valence-electron chi connectivity index (χ1n) is 9.19. The Morgan fingerprint density at radius 1 is 1.11 bits per heavy atom. The molecule has 1 fully saturated rings. The van der Waals surface area contributed by atoms with Crippen LogP contribution in [0.15, 0.2) is 67.3 Å². The van der Waals surface area contributed by atoms with E-state index in [0.717, 1.165) is 17.4 Å². The Morgan fingerprint density at radius 2 is 2.00 bits per heavy atom. The minimum atomic E-state index is 0.0173. The molecule has 0 amide bonds. The highest BCUT2D eigenvalue weighted by Gasteiger charge is 2.42. The lowest BCUT2D eigenvalue weighted by molar-refractivity contribution is 0.259. The summed E-state index contributed by atoms with van der Waals surface area (Å²) in [4.78, 5) is 11.1. The smallest absolute Gasteiger partial charge is 0.170 e. The van der Waals surface area contributed by atoms with Crippen molar-refractivity contribution in [1.82, 2.24) is 24.8 Å². The van der Waals surface area contributed by atoms with Gasteiger partial charge < -0.3 is 14.8 Å². The van der Waals surface area contributed by atoms with E-state index in [1.54, 1.807) is 6.20 Å². The van der Waals surface area contributed by atoms with Crippen molar-refractivity contribution in [3.05, 3.63) is 84.2 Å². The van der Waals surface area contributed by atoms with Gasteiger partial charge in [0, 0.05) is 43.1 Å². The molecule has 0 aliphatic carbocycles. The van der Waals surface area contributed by atoms with Crippen LogP contribution in [0, 0.1) is 0 Å². The van der Waals surface area contributed by atoms with Gasteiger partial charge in [-0.05, 0) is 62.0 Å². The summed E-state index contributed by atoms with van der Waals surface area (Å²) in [6, 6.07) is 14.8. The molecule has 6 heteroatoms. The lowest BCUT2D eigenvalue weighted by Crippen LogP contribution is -2.36. The highest BCUT2D eigenvalue weighted by atomic mass is 32.1. The maximum atomic E-state index is 5.69. The Labute approximate surface area is 165 Å². The van der Waals surface area contributed by atoms with E-state index in [1.807, 2.05) is 30.6 Å². The van der Waals surface area contributed by atoms with Gasteiger partial charge in [0.1, 0.15) is 0 Å². The Kier molecular flexibility index (Phi) is 4.90. The number of pyridine rings is 2. The van der Waals surface area contributed by atoms with Gasteiger partial charge in [0.15, 0.2) is 5.11 Å². The standard InChI is InChI=1S/C21H23N5S/c1-15(2)26-20(19(24-21(26)27)17-8-3-4-11-23-17)18-9-6-12-25(18)14-16-7-5-10-22-13-16/h3-13,15,19-20H,14H2,1-2H3,(H,24,27)/t19-,20-/m0/s1. The van der Waals surface area contributed by atoms with Crippen molar-refractivity contribution < 1.29 is 0 Å². The first-order chi connectivity index (χ1) is 13.1. The Hall–Kier alpha value is -2.73. The highest BCUT2D eigenvalue weighted by molar-refractivity contribution is 7.80. The fourth-order valence-corrected chi connectivity index (χ4v) is 4.22. The zero-order chi connectivity index (χ0) is 18.8. The third-order valence-electron chi connectivity index (χ3n) is 4.94. The van der Waals surface area contributed by atoms with Crippen LogP contribution in [0.2, 0.25) is 0 Å². The van der Waals surface area contributed by atoms with Gasteiger partial charge in [-0.25, -0.2) is 0 Å². The lowest BCUT2D eigenvalue weighted by atomic mass is 10.0. The molecule has 138 valence electrons. The normalized spacial score (nSPS) is 19.5. The van der Waals surface area contributed by atoms with Crippen LogP contribution in [0.25, 0.3) is 0 Å². The first-order valence-corrected chi connectivity index (χ1v) is 9.59. The zero-order valence-electron chi connectivity index (χ0n) is 15.5. The molecular weight excluding hydrogens is 354 g/mol. The third-order valence-corrected chi connectivity index (χ3v) is 5.26. The number of nitrogens with zero attached hydrogens (tertiary/aromatic N) is 4. The van der Waals surface area contributed by atoms with Gasteiger partial charge in [0.05, 0.1) is 17.8 Å². The van der Waals surface area contributed by atoms with Crippen molar-refractivity contribution in [2.24, 2.45) is 0 Å². The molecule has 0 spiro atoms. The average Bonchev–Trinajstić information content (AvgIpc) is 3.27. The molecular formula is C21H23N5S. The van der Waals surface area contributed by atoms with E-state index < -0.39 is 0 Å². The Morgan fingerprint density at radius 3 is 2.70 bits per heavy atom. The molecule has 1 aliphatic heterocycles. The molecule has 0 bridgehead atoms. The molecule has 5 nitrogen and oxygen atoms in total. The Balaban J connectivity index is 1.74. The molecule has 0 radical (unpaired) electrons. The van der Waals surface area contributed by atoms with Crippen molar-refractivity contribution in [3.8, 4) is 0 Å². The molecule has 0 saturated carbocycles. The van der Waals surface area contributed by atoms with Crippen molar-refractivity contribution >= 4 is 17.3 Å². The van der Waals surface area contributed by atoms with Gasteiger partial charge in [-0.1, -0.05) is 12.1 Å². The number of hydrogen-bond donors (Lipinski definition) is 1. The van der Waals surface area contributed by atoms with Gasteiger partial charge in [-0.3, -0.25) is 9.97 Å². The molecule has 2 atom stereocenters. The third kappa shape index (κ3) is 3.45. The number of rotatable bonds is 5. The van der Waals surface area contributed by atoms with Crippen molar-refractivity contribution in [3.63, 3.8) is 0 Å². The second kappa shape index (κ2) is 7.48. The quantitative estimate of drug-likeness (QED) is 0.687. The van der Waals surface area contributed by atoms with E-state index in [0.29, 0.717) is 0 Å². The van der Waals surface area contributed by atoms with E-state index in [2.05, 4.69) is 69.1 Å². The average molecular weight is 378 g/mol. The number of aromatic nitrogens is 3. The topological polar surface area (TPSA) is 46.0 Å². The highest BCUT2D eigenvalue weighted by Crippen LogP contribution is 2.39. The zero-order valence-corrected chi connectivity index (χ0v) is 16.3. The SMILES string of the molecule is CC(C)N1C(=S)N[C@@H](c2ccccn2)[C@@H]1c1cccn1Cc1cccnc1. The summed E-state index contributed by atoms with van der Waals surface area (Å²) in [5.41, 5.74) is 3.40.